The van der Waals surface area contributed by atoms with E-state index in [1.165, 1.54) is 0 Å². The van der Waals surface area contributed by atoms with Gasteiger partial charge >= 0.3 is 0 Å². The number of fused-ring (bicyclic) bond motifs is 1. The van der Waals surface area contributed by atoms with Crippen molar-refractivity contribution in [2.24, 2.45) is 5.10 Å². The Kier molecular flexibility index (Phi) is 6.27. The maximum absolute atomic E-state index is 6.05. The van der Waals surface area contributed by atoms with Gasteiger partial charge < -0.3 is 15.0 Å². The molecule has 1 aliphatic heterocycles. The van der Waals surface area contributed by atoms with Crippen molar-refractivity contribution in [3.63, 3.8) is 0 Å². The van der Waals surface area contributed by atoms with Gasteiger partial charge in [0.1, 0.15) is 0 Å². The first-order valence-electron chi connectivity index (χ1n) is 10.6. The van der Waals surface area contributed by atoms with Gasteiger partial charge in [0.05, 0.1) is 19.4 Å². The molecule has 8 nitrogen and oxygen atoms in total. The van der Waals surface area contributed by atoms with Gasteiger partial charge in [-0.2, -0.15) is 20.1 Å². The smallest absolute Gasteiger partial charge is 0.250 e. The van der Waals surface area contributed by atoms with E-state index in [9.17, 15) is 0 Å². The van der Waals surface area contributed by atoms with E-state index < -0.39 is 0 Å². The highest BCUT2D eigenvalue weighted by molar-refractivity contribution is 6.30. The molecule has 166 valence electrons. The van der Waals surface area contributed by atoms with Crippen LogP contribution >= 0.6 is 11.6 Å². The van der Waals surface area contributed by atoms with Crippen LogP contribution in [0.3, 0.4) is 0 Å². The summed E-state index contributed by atoms with van der Waals surface area (Å²) < 4.78 is 5.47. The lowest BCUT2D eigenvalue weighted by atomic mass is 10.1. The number of morpholine rings is 1. The zero-order valence-electron chi connectivity index (χ0n) is 17.8. The van der Waals surface area contributed by atoms with Gasteiger partial charge in [-0.1, -0.05) is 60.1 Å². The standard InChI is InChI=1S/C24H22ClN7O/c25-19-8-3-5-17(15-19)16-26-31-23-28-22(29-24(30-23)32-11-13-33-14-12-32)27-21-10-4-7-18-6-1-2-9-20(18)21/h1-10,15-16H,11-14H2,(H2,27,28,29,30,31)/b26-16+. The third-order valence-corrected chi connectivity index (χ3v) is 5.42. The molecule has 0 aliphatic carbocycles. The monoisotopic (exact) mass is 459 g/mol. The van der Waals surface area contributed by atoms with Crippen LogP contribution in [0, 0.1) is 0 Å². The average molecular weight is 460 g/mol. The SMILES string of the molecule is Clc1cccc(/C=N/Nc2nc(Nc3cccc4ccccc34)nc(N3CCOCC3)n2)c1. The van der Waals surface area contributed by atoms with Crippen molar-refractivity contribution >= 4 is 52.1 Å². The van der Waals surface area contributed by atoms with E-state index in [4.69, 9.17) is 16.3 Å². The van der Waals surface area contributed by atoms with Crippen LogP contribution in [0.25, 0.3) is 10.8 Å². The number of ether oxygens (including phenoxy) is 1. The molecule has 1 saturated heterocycles. The highest BCUT2D eigenvalue weighted by atomic mass is 35.5. The molecule has 1 aromatic heterocycles. The van der Waals surface area contributed by atoms with Crippen LogP contribution in [-0.2, 0) is 4.74 Å². The normalized spacial score (nSPS) is 14.0. The summed E-state index contributed by atoms with van der Waals surface area (Å²) in [6.45, 7) is 2.69. The Bertz CT molecular complexity index is 1290. The fourth-order valence-corrected chi connectivity index (χ4v) is 3.78. The molecule has 3 aromatic carbocycles. The Hall–Kier alpha value is -3.75. The summed E-state index contributed by atoms with van der Waals surface area (Å²) in [5.74, 6) is 1.34. The van der Waals surface area contributed by atoms with E-state index >= 15 is 0 Å². The fraction of sp³-hybridized carbons (Fsp3) is 0.167. The molecule has 0 atom stereocenters. The van der Waals surface area contributed by atoms with E-state index in [2.05, 4.69) is 53.9 Å². The minimum Gasteiger partial charge on any atom is -0.378 e. The lowest BCUT2D eigenvalue weighted by molar-refractivity contribution is 0.122. The summed E-state index contributed by atoms with van der Waals surface area (Å²) >= 11 is 6.05. The summed E-state index contributed by atoms with van der Waals surface area (Å²) in [5, 5.41) is 10.5. The first-order chi connectivity index (χ1) is 16.2. The lowest BCUT2D eigenvalue weighted by Gasteiger charge is -2.27. The third-order valence-electron chi connectivity index (χ3n) is 5.18. The van der Waals surface area contributed by atoms with Crippen LogP contribution < -0.4 is 15.6 Å². The number of nitrogens with zero attached hydrogens (tertiary/aromatic N) is 5. The van der Waals surface area contributed by atoms with Gasteiger partial charge in [0.15, 0.2) is 0 Å². The number of benzene rings is 3. The molecule has 5 rings (SSSR count). The minimum absolute atomic E-state index is 0.340. The van der Waals surface area contributed by atoms with Crippen LogP contribution in [0.15, 0.2) is 71.8 Å². The molecule has 1 aliphatic rings. The second-order valence-corrected chi connectivity index (χ2v) is 7.90. The first-order valence-corrected chi connectivity index (χ1v) is 11.0. The predicted molar refractivity (Wildman–Crippen MR) is 133 cm³/mol. The Morgan fingerprint density at radius 1 is 0.909 bits per heavy atom. The number of nitrogens with one attached hydrogen (secondary N) is 2. The molecule has 2 heterocycles. The Morgan fingerprint density at radius 2 is 1.70 bits per heavy atom. The molecule has 0 unspecified atom stereocenters. The van der Waals surface area contributed by atoms with Crippen LogP contribution in [0.2, 0.25) is 5.02 Å². The summed E-state index contributed by atoms with van der Waals surface area (Å²) in [5.41, 5.74) is 4.71. The molecule has 9 heteroatoms. The number of hydrazone groups is 1. The van der Waals surface area contributed by atoms with E-state index in [1.807, 2.05) is 48.5 Å². The number of halogens is 1. The van der Waals surface area contributed by atoms with Crippen LogP contribution in [0.4, 0.5) is 23.5 Å². The number of rotatable bonds is 6. The Balaban J connectivity index is 1.44. The molecule has 0 spiro atoms. The molecule has 0 bridgehead atoms. The van der Waals surface area contributed by atoms with Crippen molar-refractivity contribution in [3.8, 4) is 0 Å². The molecule has 0 radical (unpaired) electrons. The predicted octanol–water partition coefficient (Wildman–Crippen LogP) is 4.70. The second kappa shape index (κ2) is 9.81. The summed E-state index contributed by atoms with van der Waals surface area (Å²) in [6, 6.07) is 21.7. The molecule has 0 saturated carbocycles. The highest BCUT2D eigenvalue weighted by Crippen LogP contribution is 2.26. The van der Waals surface area contributed by atoms with Crippen LogP contribution in [0.5, 0.6) is 0 Å². The Labute approximate surface area is 196 Å². The van der Waals surface area contributed by atoms with Crippen molar-refractivity contribution in [1.29, 1.82) is 0 Å². The van der Waals surface area contributed by atoms with Gasteiger partial charge in [-0.25, -0.2) is 5.43 Å². The summed E-state index contributed by atoms with van der Waals surface area (Å²) in [7, 11) is 0. The van der Waals surface area contributed by atoms with Gasteiger partial charge in [0.2, 0.25) is 17.8 Å². The molecule has 33 heavy (non-hydrogen) atoms. The largest absolute Gasteiger partial charge is 0.378 e. The molecule has 1 fully saturated rings. The first kappa shape index (κ1) is 21.1. The van der Waals surface area contributed by atoms with Gasteiger partial charge in [0.25, 0.3) is 0 Å². The van der Waals surface area contributed by atoms with Gasteiger partial charge in [-0.3, -0.25) is 0 Å². The summed E-state index contributed by atoms with van der Waals surface area (Å²) in [6.07, 6.45) is 1.67. The second-order valence-electron chi connectivity index (χ2n) is 7.46. The van der Waals surface area contributed by atoms with Gasteiger partial charge in [0, 0.05) is 29.2 Å². The molecule has 4 aromatic rings. The molecule has 2 N–H and O–H groups in total. The molecular formula is C24H22ClN7O. The van der Waals surface area contributed by atoms with Gasteiger partial charge in [-0.05, 0) is 29.1 Å². The van der Waals surface area contributed by atoms with Crippen molar-refractivity contribution in [3.05, 3.63) is 77.3 Å². The zero-order chi connectivity index (χ0) is 22.5. The quantitative estimate of drug-likeness (QED) is 0.319. The minimum atomic E-state index is 0.340. The molecular weight excluding hydrogens is 438 g/mol. The van der Waals surface area contributed by atoms with Crippen molar-refractivity contribution in [2.45, 2.75) is 0 Å². The Morgan fingerprint density at radius 3 is 2.58 bits per heavy atom. The van der Waals surface area contributed by atoms with Crippen molar-refractivity contribution in [1.82, 2.24) is 15.0 Å². The maximum Gasteiger partial charge on any atom is 0.250 e. The van der Waals surface area contributed by atoms with Crippen molar-refractivity contribution in [2.75, 3.05) is 41.9 Å². The number of hydrogen-bond acceptors (Lipinski definition) is 8. The summed E-state index contributed by atoms with van der Waals surface area (Å²) in [4.78, 5) is 15.8. The number of aromatic nitrogens is 3. The zero-order valence-corrected chi connectivity index (χ0v) is 18.5. The van der Waals surface area contributed by atoms with E-state index in [1.54, 1.807) is 6.21 Å². The fourth-order valence-electron chi connectivity index (χ4n) is 3.58. The third kappa shape index (κ3) is 5.19. The maximum atomic E-state index is 6.05. The average Bonchev–Trinajstić information content (AvgIpc) is 2.85. The van der Waals surface area contributed by atoms with E-state index in [0.29, 0.717) is 49.2 Å². The number of anilines is 4. The van der Waals surface area contributed by atoms with Crippen LogP contribution in [-0.4, -0.2) is 47.5 Å². The highest BCUT2D eigenvalue weighted by Gasteiger charge is 2.17. The van der Waals surface area contributed by atoms with Crippen LogP contribution in [0.1, 0.15) is 5.56 Å². The van der Waals surface area contributed by atoms with E-state index in [-0.39, 0.29) is 0 Å². The number of hydrogen-bond donors (Lipinski definition) is 2. The molecule has 0 amide bonds. The lowest BCUT2D eigenvalue weighted by Crippen LogP contribution is -2.37. The van der Waals surface area contributed by atoms with E-state index in [0.717, 1.165) is 22.0 Å². The topological polar surface area (TPSA) is 87.6 Å². The van der Waals surface area contributed by atoms with Gasteiger partial charge in [-0.15, -0.1) is 0 Å². The van der Waals surface area contributed by atoms with Crippen molar-refractivity contribution < 1.29 is 4.74 Å².